The predicted octanol–water partition coefficient (Wildman–Crippen LogP) is 4.75. The predicted molar refractivity (Wildman–Crippen MR) is 142 cm³/mol. The molecule has 1 fully saturated rings. The Kier molecular flexibility index (Phi) is 5.53. The summed E-state index contributed by atoms with van der Waals surface area (Å²) in [5.41, 5.74) is 1.84. The van der Waals surface area contributed by atoms with Crippen molar-refractivity contribution in [2.24, 2.45) is 0 Å². The fourth-order valence-corrected chi connectivity index (χ4v) is 4.80. The summed E-state index contributed by atoms with van der Waals surface area (Å²) in [5, 5.41) is 13.3. The van der Waals surface area contributed by atoms with Gasteiger partial charge in [-0.2, -0.15) is 0 Å². The van der Waals surface area contributed by atoms with Gasteiger partial charge >= 0.3 is 5.91 Å². The molecule has 0 spiro atoms. The number of nitrogens with one attached hydrogen (secondary N) is 1. The summed E-state index contributed by atoms with van der Waals surface area (Å²) in [5.74, 6) is -0.868. The summed E-state index contributed by atoms with van der Waals surface area (Å²) in [6, 6.07) is 20.6. The van der Waals surface area contributed by atoms with Gasteiger partial charge in [0, 0.05) is 23.9 Å². The molecule has 0 radical (unpaired) electrons. The molecule has 9 nitrogen and oxygen atoms in total. The molecule has 2 N–H and O–H groups in total. The number of methoxy groups -OCH3 is 2. The van der Waals surface area contributed by atoms with Crippen molar-refractivity contribution in [1.82, 2.24) is 15.0 Å². The van der Waals surface area contributed by atoms with Gasteiger partial charge in [-0.15, -0.1) is 0 Å². The first kappa shape index (κ1) is 23.2. The number of ether oxygens (including phenoxy) is 2. The van der Waals surface area contributed by atoms with Gasteiger partial charge in [0.05, 0.1) is 36.5 Å². The third kappa shape index (κ3) is 3.64. The van der Waals surface area contributed by atoms with Crippen molar-refractivity contribution < 1.29 is 24.2 Å². The average molecular weight is 507 g/mol. The standard InChI is InChI=1S/C29H22N4O5/c1-37-22-14-20-21(15-23(22)38-2)32-29(31-20)33-25(19-9-5-6-12-30-19)24(27(35)28(33)36)26(34)18-11-10-16-7-3-4-8-17(16)13-18/h3-15,25,34H,1-2H3,(H,31,32)/b26-24+. The van der Waals surface area contributed by atoms with Crippen LogP contribution in [-0.2, 0) is 9.59 Å². The fraction of sp³-hybridized carbons (Fsp3) is 0.103. The van der Waals surface area contributed by atoms with Crippen molar-refractivity contribution in [2.75, 3.05) is 19.1 Å². The fourth-order valence-electron chi connectivity index (χ4n) is 4.80. The number of ketones is 1. The topological polar surface area (TPSA) is 118 Å². The number of Topliss-reactive ketones (excluding diaryl/α,β-unsaturated/α-hetero) is 1. The zero-order chi connectivity index (χ0) is 26.4. The molecule has 6 rings (SSSR count). The first-order chi connectivity index (χ1) is 18.5. The lowest BCUT2D eigenvalue weighted by Crippen LogP contribution is -2.30. The highest BCUT2D eigenvalue weighted by Crippen LogP contribution is 2.42. The van der Waals surface area contributed by atoms with Crippen LogP contribution in [0.4, 0.5) is 5.95 Å². The van der Waals surface area contributed by atoms with Crippen molar-refractivity contribution in [1.29, 1.82) is 0 Å². The summed E-state index contributed by atoms with van der Waals surface area (Å²) in [6.07, 6.45) is 1.57. The molecule has 188 valence electrons. The first-order valence-electron chi connectivity index (χ1n) is 11.8. The molecule has 1 amide bonds. The van der Waals surface area contributed by atoms with Gasteiger partial charge in [0.25, 0.3) is 5.78 Å². The van der Waals surface area contributed by atoms with Gasteiger partial charge in [-0.05, 0) is 29.0 Å². The zero-order valence-electron chi connectivity index (χ0n) is 20.5. The van der Waals surface area contributed by atoms with Gasteiger partial charge in [0.15, 0.2) is 11.5 Å². The van der Waals surface area contributed by atoms with E-state index in [-0.39, 0.29) is 17.3 Å². The van der Waals surface area contributed by atoms with Crippen LogP contribution in [0.1, 0.15) is 17.3 Å². The number of rotatable bonds is 5. The molecule has 1 aliphatic rings. The Morgan fingerprint density at radius 2 is 1.66 bits per heavy atom. The van der Waals surface area contributed by atoms with Crippen molar-refractivity contribution >= 4 is 45.2 Å². The van der Waals surface area contributed by atoms with E-state index in [1.54, 1.807) is 48.7 Å². The number of H-pyrrole nitrogens is 1. The lowest BCUT2D eigenvalue weighted by Gasteiger charge is -2.22. The van der Waals surface area contributed by atoms with Gasteiger partial charge in [-0.25, -0.2) is 4.98 Å². The number of hydrogen-bond acceptors (Lipinski definition) is 7. The number of anilines is 1. The summed E-state index contributed by atoms with van der Waals surface area (Å²) in [7, 11) is 3.04. The lowest BCUT2D eigenvalue weighted by molar-refractivity contribution is -0.132. The number of carbonyl (C=O) groups excluding carboxylic acids is 2. The minimum absolute atomic E-state index is 0.0698. The van der Waals surface area contributed by atoms with Gasteiger partial charge in [-0.3, -0.25) is 19.5 Å². The van der Waals surface area contributed by atoms with E-state index in [9.17, 15) is 14.7 Å². The highest BCUT2D eigenvalue weighted by molar-refractivity contribution is 6.51. The Bertz CT molecular complexity index is 1720. The molecule has 5 aromatic rings. The zero-order valence-corrected chi connectivity index (χ0v) is 20.5. The molecule has 2 aromatic heterocycles. The molecule has 0 aliphatic carbocycles. The maximum atomic E-state index is 13.5. The van der Waals surface area contributed by atoms with Crippen molar-refractivity contribution in [3.05, 3.63) is 95.8 Å². The molecule has 3 aromatic carbocycles. The second-order valence-electron chi connectivity index (χ2n) is 8.77. The molecule has 3 heterocycles. The van der Waals surface area contributed by atoms with E-state index in [0.717, 1.165) is 10.8 Å². The number of nitrogens with zero attached hydrogens (tertiary/aromatic N) is 3. The molecule has 1 atom stereocenters. The van der Waals surface area contributed by atoms with Crippen LogP contribution < -0.4 is 14.4 Å². The Morgan fingerprint density at radius 1 is 0.921 bits per heavy atom. The third-order valence-electron chi connectivity index (χ3n) is 6.64. The minimum Gasteiger partial charge on any atom is -0.507 e. The van der Waals surface area contributed by atoms with Crippen LogP contribution in [-0.4, -0.2) is 46.0 Å². The molecular weight excluding hydrogens is 484 g/mol. The number of aromatic amines is 1. The van der Waals surface area contributed by atoms with E-state index in [4.69, 9.17) is 9.47 Å². The van der Waals surface area contributed by atoms with Gasteiger partial charge in [0.2, 0.25) is 5.95 Å². The molecule has 1 unspecified atom stereocenters. The number of aliphatic hydroxyl groups is 1. The summed E-state index contributed by atoms with van der Waals surface area (Å²) < 4.78 is 10.7. The van der Waals surface area contributed by atoms with Crippen LogP contribution in [0, 0.1) is 0 Å². The third-order valence-corrected chi connectivity index (χ3v) is 6.64. The average Bonchev–Trinajstić information content (AvgIpc) is 3.49. The number of fused-ring (bicyclic) bond motifs is 2. The van der Waals surface area contributed by atoms with Crippen LogP contribution in [0.5, 0.6) is 11.5 Å². The van der Waals surface area contributed by atoms with Crippen LogP contribution in [0.2, 0.25) is 0 Å². The Balaban J connectivity index is 1.54. The largest absolute Gasteiger partial charge is 0.507 e. The number of imidazole rings is 1. The van der Waals surface area contributed by atoms with E-state index in [2.05, 4.69) is 15.0 Å². The Morgan fingerprint density at radius 3 is 2.39 bits per heavy atom. The number of hydrogen-bond donors (Lipinski definition) is 2. The normalized spacial score (nSPS) is 16.9. The smallest absolute Gasteiger partial charge is 0.302 e. The number of pyridine rings is 1. The second-order valence-corrected chi connectivity index (χ2v) is 8.77. The summed E-state index contributed by atoms with van der Waals surface area (Å²) in [6.45, 7) is 0. The van der Waals surface area contributed by atoms with Gasteiger partial charge in [-0.1, -0.05) is 42.5 Å². The minimum atomic E-state index is -1.01. The van der Waals surface area contributed by atoms with Crippen molar-refractivity contribution in [3.63, 3.8) is 0 Å². The number of amides is 1. The van der Waals surface area contributed by atoms with Crippen LogP contribution >= 0.6 is 0 Å². The lowest BCUT2D eigenvalue weighted by atomic mass is 9.97. The number of carbonyl (C=O) groups is 2. The maximum absolute atomic E-state index is 13.5. The highest BCUT2D eigenvalue weighted by Gasteiger charge is 2.48. The molecule has 9 heteroatoms. The van der Waals surface area contributed by atoms with E-state index in [0.29, 0.717) is 33.8 Å². The maximum Gasteiger partial charge on any atom is 0.302 e. The molecular formula is C29H22N4O5. The first-order valence-corrected chi connectivity index (χ1v) is 11.8. The van der Waals surface area contributed by atoms with Crippen molar-refractivity contribution in [2.45, 2.75) is 6.04 Å². The monoisotopic (exact) mass is 506 g/mol. The Hall–Kier alpha value is -5.18. The number of benzene rings is 3. The van der Waals surface area contributed by atoms with Gasteiger partial charge in [0.1, 0.15) is 11.8 Å². The van der Waals surface area contributed by atoms with E-state index in [1.807, 2.05) is 30.3 Å². The summed E-state index contributed by atoms with van der Waals surface area (Å²) >= 11 is 0. The van der Waals surface area contributed by atoms with Gasteiger partial charge < -0.3 is 19.6 Å². The number of aromatic nitrogens is 3. The molecule has 38 heavy (non-hydrogen) atoms. The van der Waals surface area contributed by atoms with Crippen LogP contribution in [0.3, 0.4) is 0 Å². The van der Waals surface area contributed by atoms with E-state index < -0.39 is 17.7 Å². The van der Waals surface area contributed by atoms with E-state index >= 15 is 0 Å². The van der Waals surface area contributed by atoms with Crippen LogP contribution in [0.15, 0.2) is 84.6 Å². The summed E-state index contributed by atoms with van der Waals surface area (Å²) in [4.78, 5) is 40.3. The van der Waals surface area contributed by atoms with Crippen LogP contribution in [0.25, 0.3) is 27.6 Å². The SMILES string of the molecule is COc1cc2nc(N3C(=O)C(=O)/C(=C(/O)c4ccc5ccccc5c4)C3c3ccccn3)[nH]c2cc1OC. The Labute approximate surface area is 217 Å². The quantitative estimate of drug-likeness (QED) is 0.201. The second kappa shape index (κ2) is 9.04. The molecule has 1 aliphatic heterocycles. The molecule has 0 bridgehead atoms. The van der Waals surface area contributed by atoms with E-state index in [1.165, 1.54) is 19.1 Å². The molecule has 0 saturated carbocycles. The highest BCUT2D eigenvalue weighted by atomic mass is 16.5. The van der Waals surface area contributed by atoms with Crippen molar-refractivity contribution in [3.8, 4) is 11.5 Å². The molecule has 1 saturated heterocycles. The number of aliphatic hydroxyl groups excluding tert-OH is 1.